The molecule has 4 aromatic carbocycles. The van der Waals surface area contributed by atoms with Crippen LogP contribution in [0.3, 0.4) is 0 Å². The molecule has 0 spiro atoms. The second-order valence-electron chi connectivity index (χ2n) is 7.91. The fourth-order valence-corrected chi connectivity index (χ4v) is 3.97. The first kappa shape index (κ1) is 18.3. The minimum absolute atomic E-state index is 0.359. The van der Waals surface area contributed by atoms with Crippen LogP contribution in [0.4, 0.5) is 0 Å². The van der Waals surface area contributed by atoms with Crippen LogP contribution >= 0.6 is 0 Å². The Morgan fingerprint density at radius 2 is 1.43 bits per heavy atom. The number of fused-ring (bicyclic) bond motifs is 1. The normalized spacial score (nSPS) is 11.2. The monoisotopic (exact) mass is 366 g/mol. The van der Waals surface area contributed by atoms with Gasteiger partial charge < -0.3 is 5.11 Å². The number of aromatic hydroxyl groups is 1. The predicted molar refractivity (Wildman–Crippen MR) is 119 cm³/mol. The van der Waals surface area contributed by atoms with Crippen molar-refractivity contribution in [3.05, 3.63) is 102 Å². The molecule has 0 aliphatic carbocycles. The van der Waals surface area contributed by atoms with Gasteiger partial charge in [0.2, 0.25) is 0 Å². The molecule has 1 heteroatoms. The van der Waals surface area contributed by atoms with E-state index in [1.807, 2.05) is 12.1 Å². The molecule has 4 aromatic rings. The Morgan fingerprint density at radius 3 is 2.29 bits per heavy atom. The van der Waals surface area contributed by atoms with Crippen molar-refractivity contribution in [2.24, 2.45) is 5.92 Å². The van der Waals surface area contributed by atoms with E-state index in [9.17, 15) is 5.11 Å². The molecule has 0 amide bonds. The smallest absolute Gasteiger partial charge is 0.119 e. The quantitative estimate of drug-likeness (QED) is 0.403. The number of benzene rings is 4. The van der Waals surface area contributed by atoms with Crippen LogP contribution in [0.1, 0.15) is 30.5 Å². The van der Waals surface area contributed by atoms with Crippen LogP contribution in [-0.2, 0) is 12.8 Å². The number of hydrogen-bond donors (Lipinski definition) is 1. The van der Waals surface area contributed by atoms with Crippen LogP contribution in [0.25, 0.3) is 21.9 Å². The molecule has 0 bridgehead atoms. The van der Waals surface area contributed by atoms with E-state index in [-0.39, 0.29) is 0 Å². The lowest BCUT2D eigenvalue weighted by Gasteiger charge is -2.14. The Labute approximate surface area is 167 Å². The molecule has 0 fully saturated rings. The van der Waals surface area contributed by atoms with E-state index in [1.165, 1.54) is 33.0 Å². The third-order valence-electron chi connectivity index (χ3n) is 5.30. The van der Waals surface area contributed by atoms with Gasteiger partial charge in [-0.1, -0.05) is 86.6 Å². The van der Waals surface area contributed by atoms with Crippen LogP contribution < -0.4 is 0 Å². The Balaban J connectivity index is 1.75. The predicted octanol–water partition coefficient (Wildman–Crippen LogP) is 7.00. The van der Waals surface area contributed by atoms with Crippen molar-refractivity contribution in [3.63, 3.8) is 0 Å². The fraction of sp³-hybridized carbons (Fsp3) is 0.185. The van der Waals surface area contributed by atoms with Gasteiger partial charge in [-0.15, -0.1) is 0 Å². The minimum Gasteiger partial charge on any atom is -0.508 e. The third-order valence-corrected chi connectivity index (χ3v) is 5.30. The molecule has 0 radical (unpaired) electrons. The van der Waals surface area contributed by atoms with E-state index in [4.69, 9.17) is 0 Å². The molecule has 4 rings (SSSR count). The summed E-state index contributed by atoms with van der Waals surface area (Å²) in [5, 5.41) is 13.0. The first-order chi connectivity index (χ1) is 13.6. The third kappa shape index (κ3) is 3.80. The summed E-state index contributed by atoms with van der Waals surface area (Å²) in [6.45, 7) is 4.50. The van der Waals surface area contributed by atoms with Crippen LogP contribution in [-0.4, -0.2) is 5.11 Å². The molecule has 28 heavy (non-hydrogen) atoms. The molecular formula is C27H26O. The highest BCUT2D eigenvalue weighted by Crippen LogP contribution is 2.32. The molecule has 1 N–H and O–H groups in total. The average molecular weight is 367 g/mol. The van der Waals surface area contributed by atoms with Gasteiger partial charge in [-0.25, -0.2) is 0 Å². The number of phenols is 1. The molecule has 0 heterocycles. The van der Waals surface area contributed by atoms with Crippen LogP contribution in [0.2, 0.25) is 0 Å². The van der Waals surface area contributed by atoms with Crippen molar-refractivity contribution < 1.29 is 5.11 Å². The molecule has 0 saturated heterocycles. The first-order valence-corrected chi connectivity index (χ1v) is 9.98. The molecule has 0 atom stereocenters. The fourth-order valence-electron chi connectivity index (χ4n) is 3.97. The Morgan fingerprint density at radius 1 is 0.714 bits per heavy atom. The molecule has 140 valence electrons. The van der Waals surface area contributed by atoms with E-state index in [1.54, 1.807) is 0 Å². The molecular weight excluding hydrogens is 340 g/mol. The summed E-state index contributed by atoms with van der Waals surface area (Å²) >= 11 is 0. The summed E-state index contributed by atoms with van der Waals surface area (Å²) < 4.78 is 0. The lowest BCUT2D eigenvalue weighted by Crippen LogP contribution is -1.97. The zero-order valence-electron chi connectivity index (χ0n) is 16.5. The highest BCUT2D eigenvalue weighted by Gasteiger charge is 2.11. The topological polar surface area (TPSA) is 20.2 Å². The molecule has 0 saturated carbocycles. The zero-order valence-corrected chi connectivity index (χ0v) is 16.5. The van der Waals surface area contributed by atoms with Gasteiger partial charge in [0.05, 0.1) is 0 Å². The maximum absolute atomic E-state index is 10.5. The van der Waals surface area contributed by atoms with Crippen molar-refractivity contribution >= 4 is 10.8 Å². The maximum Gasteiger partial charge on any atom is 0.119 e. The standard InChI is InChI=1S/C27H26O/c1-19(2)16-21-9-4-6-13-26(21)23-14-15-27(28)24(18-23)17-22-11-7-10-20-8-3-5-12-25(20)22/h3-15,18-19,28H,16-17H2,1-2H3. The van der Waals surface area contributed by atoms with Gasteiger partial charge in [-0.2, -0.15) is 0 Å². The highest BCUT2D eigenvalue weighted by atomic mass is 16.3. The van der Waals surface area contributed by atoms with Gasteiger partial charge in [-0.05, 0) is 63.1 Å². The van der Waals surface area contributed by atoms with Gasteiger partial charge in [0.25, 0.3) is 0 Å². The first-order valence-electron chi connectivity index (χ1n) is 9.98. The molecule has 1 nitrogen and oxygen atoms in total. The van der Waals surface area contributed by atoms with Gasteiger partial charge in [-0.3, -0.25) is 0 Å². The van der Waals surface area contributed by atoms with E-state index in [0.29, 0.717) is 18.1 Å². The highest BCUT2D eigenvalue weighted by molar-refractivity contribution is 5.86. The minimum atomic E-state index is 0.359. The SMILES string of the molecule is CC(C)Cc1ccccc1-c1ccc(O)c(Cc2cccc3ccccc23)c1. The number of rotatable bonds is 5. The Hall–Kier alpha value is -3.06. The van der Waals surface area contributed by atoms with Crippen molar-refractivity contribution in [1.82, 2.24) is 0 Å². The summed E-state index contributed by atoms with van der Waals surface area (Å²) in [6, 6.07) is 29.4. The zero-order chi connectivity index (χ0) is 19.5. The van der Waals surface area contributed by atoms with Gasteiger partial charge in [0.1, 0.15) is 5.75 Å². The Bertz CT molecular complexity index is 1100. The van der Waals surface area contributed by atoms with Crippen LogP contribution in [0, 0.1) is 5.92 Å². The van der Waals surface area contributed by atoms with Crippen molar-refractivity contribution in [2.45, 2.75) is 26.7 Å². The lowest BCUT2D eigenvalue weighted by molar-refractivity contribution is 0.469. The largest absolute Gasteiger partial charge is 0.508 e. The van der Waals surface area contributed by atoms with E-state index < -0.39 is 0 Å². The summed E-state index contributed by atoms with van der Waals surface area (Å²) in [6.07, 6.45) is 1.77. The van der Waals surface area contributed by atoms with Crippen molar-refractivity contribution in [3.8, 4) is 16.9 Å². The average Bonchev–Trinajstić information content (AvgIpc) is 2.70. The van der Waals surface area contributed by atoms with Crippen molar-refractivity contribution in [2.75, 3.05) is 0 Å². The summed E-state index contributed by atoms with van der Waals surface area (Å²) in [4.78, 5) is 0. The number of phenolic OH excluding ortho intramolecular Hbond substituents is 1. The van der Waals surface area contributed by atoms with Gasteiger partial charge in [0.15, 0.2) is 0 Å². The number of hydrogen-bond acceptors (Lipinski definition) is 1. The summed E-state index contributed by atoms with van der Waals surface area (Å²) in [5.74, 6) is 0.964. The Kier molecular flexibility index (Phi) is 5.16. The molecule has 0 aromatic heterocycles. The van der Waals surface area contributed by atoms with Gasteiger partial charge in [0, 0.05) is 6.42 Å². The van der Waals surface area contributed by atoms with E-state index >= 15 is 0 Å². The second kappa shape index (κ2) is 7.90. The lowest BCUT2D eigenvalue weighted by atomic mass is 9.91. The second-order valence-corrected chi connectivity index (χ2v) is 7.91. The van der Waals surface area contributed by atoms with Crippen LogP contribution in [0.15, 0.2) is 84.9 Å². The molecule has 0 aliphatic heterocycles. The molecule has 0 unspecified atom stereocenters. The summed E-state index contributed by atoms with van der Waals surface area (Å²) in [5.41, 5.74) is 5.99. The van der Waals surface area contributed by atoms with Crippen molar-refractivity contribution in [1.29, 1.82) is 0 Å². The molecule has 0 aliphatic rings. The van der Waals surface area contributed by atoms with E-state index in [2.05, 4.69) is 86.6 Å². The maximum atomic E-state index is 10.5. The summed E-state index contributed by atoms with van der Waals surface area (Å²) in [7, 11) is 0. The van der Waals surface area contributed by atoms with Gasteiger partial charge >= 0.3 is 0 Å². The van der Waals surface area contributed by atoms with Crippen LogP contribution in [0.5, 0.6) is 5.75 Å². The van der Waals surface area contributed by atoms with E-state index in [0.717, 1.165) is 12.0 Å².